The minimum absolute atomic E-state index is 0.0778. The molecule has 0 radical (unpaired) electrons. The Morgan fingerprint density at radius 2 is 1.65 bits per heavy atom. The number of nitro benzene ring substituents is 1. The molecule has 0 amide bonds. The van der Waals surface area contributed by atoms with Crippen molar-refractivity contribution in [2.45, 2.75) is 35.7 Å². The van der Waals surface area contributed by atoms with Crippen molar-refractivity contribution in [3.63, 3.8) is 0 Å². The first kappa shape index (κ1) is 28.4. The third-order valence-electron chi connectivity index (χ3n) is 7.60. The Labute approximate surface area is 259 Å². The maximum atomic E-state index is 11.0. The molecule has 0 aliphatic carbocycles. The molecule has 3 aromatic carbocycles. The highest BCUT2D eigenvalue weighted by Gasteiger charge is 2.42. The van der Waals surface area contributed by atoms with Crippen LogP contribution in [0.15, 0.2) is 113 Å². The van der Waals surface area contributed by atoms with E-state index in [0.717, 1.165) is 49.6 Å². The molecular formula is C33H29N5O3S2. The van der Waals surface area contributed by atoms with Gasteiger partial charge in [-0.3, -0.25) is 15.1 Å². The van der Waals surface area contributed by atoms with E-state index in [2.05, 4.69) is 65.0 Å². The van der Waals surface area contributed by atoms with E-state index in [9.17, 15) is 10.1 Å². The molecular weight excluding hydrogens is 579 g/mol. The van der Waals surface area contributed by atoms with Gasteiger partial charge in [-0.1, -0.05) is 23.9 Å². The van der Waals surface area contributed by atoms with Crippen molar-refractivity contribution in [3.05, 3.63) is 136 Å². The fourth-order valence-electron chi connectivity index (χ4n) is 5.63. The molecule has 43 heavy (non-hydrogen) atoms. The van der Waals surface area contributed by atoms with Gasteiger partial charge in [0, 0.05) is 56.9 Å². The Morgan fingerprint density at radius 1 is 0.930 bits per heavy atom. The van der Waals surface area contributed by atoms with Crippen LogP contribution in [0.3, 0.4) is 0 Å². The number of hydrogen-bond acceptors (Lipinski definition) is 6. The van der Waals surface area contributed by atoms with Crippen molar-refractivity contribution in [3.8, 4) is 11.4 Å². The predicted octanol–water partition coefficient (Wildman–Crippen LogP) is 7.73. The van der Waals surface area contributed by atoms with E-state index in [-0.39, 0.29) is 22.7 Å². The average Bonchev–Trinajstić information content (AvgIpc) is 3.52. The number of nitro groups is 1. The largest absolute Gasteiger partial charge is 0.497 e. The lowest BCUT2D eigenvalue weighted by Crippen LogP contribution is -2.29. The summed E-state index contributed by atoms with van der Waals surface area (Å²) < 4.78 is 7.75. The summed E-state index contributed by atoms with van der Waals surface area (Å²) in [5.74, 6) is 0.801. The number of aromatic nitrogens is 2. The standard InChI is InChI=1S/C33H29N5O3S2/c1-21-19-29(22(2)36(21)25-7-6-8-26(20-25)41-3)32-31(30-9-4-5-18-34-30)35-33(42)37(32)23-10-14-27(15-11-23)43-28-16-12-24(13-17-28)38(39)40/h4-20,31-32H,1-3H3,(H,35,42)/t31-,32+/m0/s1. The number of pyridine rings is 1. The Morgan fingerprint density at radius 3 is 2.30 bits per heavy atom. The topological polar surface area (TPSA) is 85.5 Å². The molecule has 216 valence electrons. The Kier molecular flexibility index (Phi) is 7.88. The molecule has 1 N–H and O–H groups in total. The number of hydrogen-bond donors (Lipinski definition) is 1. The lowest BCUT2D eigenvalue weighted by Gasteiger charge is -2.28. The summed E-state index contributed by atoms with van der Waals surface area (Å²) in [5, 5.41) is 15.2. The van der Waals surface area contributed by atoms with Crippen LogP contribution in [-0.2, 0) is 0 Å². The second kappa shape index (κ2) is 11.9. The molecule has 0 saturated carbocycles. The number of anilines is 1. The van der Waals surface area contributed by atoms with Gasteiger partial charge in [-0.05, 0) is 98.4 Å². The fourth-order valence-corrected chi connectivity index (χ4v) is 6.79. The molecule has 1 aliphatic heterocycles. The second-order valence-electron chi connectivity index (χ2n) is 10.2. The molecule has 1 fully saturated rings. The average molecular weight is 608 g/mol. The second-order valence-corrected chi connectivity index (χ2v) is 11.7. The van der Waals surface area contributed by atoms with E-state index in [0.29, 0.717) is 5.11 Å². The summed E-state index contributed by atoms with van der Waals surface area (Å²) in [6.45, 7) is 4.25. The highest BCUT2D eigenvalue weighted by molar-refractivity contribution is 7.99. The first-order valence-corrected chi connectivity index (χ1v) is 14.9. The van der Waals surface area contributed by atoms with Gasteiger partial charge < -0.3 is 19.5 Å². The van der Waals surface area contributed by atoms with Gasteiger partial charge in [0.05, 0.1) is 29.8 Å². The van der Waals surface area contributed by atoms with Gasteiger partial charge in [0.25, 0.3) is 5.69 Å². The first-order valence-electron chi connectivity index (χ1n) is 13.7. The monoisotopic (exact) mass is 607 g/mol. The zero-order valence-corrected chi connectivity index (χ0v) is 25.4. The quantitative estimate of drug-likeness (QED) is 0.109. The normalized spacial score (nSPS) is 16.3. The van der Waals surface area contributed by atoms with Crippen LogP contribution >= 0.6 is 24.0 Å². The van der Waals surface area contributed by atoms with Crippen LogP contribution in [0.2, 0.25) is 0 Å². The Bertz CT molecular complexity index is 1790. The van der Waals surface area contributed by atoms with Crippen LogP contribution in [0.25, 0.3) is 5.69 Å². The number of aryl methyl sites for hydroxylation is 1. The summed E-state index contributed by atoms with van der Waals surface area (Å²) >= 11 is 7.51. The third kappa shape index (κ3) is 5.59. The highest BCUT2D eigenvalue weighted by Crippen LogP contribution is 2.44. The predicted molar refractivity (Wildman–Crippen MR) is 173 cm³/mol. The van der Waals surface area contributed by atoms with E-state index < -0.39 is 0 Å². The van der Waals surface area contributed by atoms with E-state index in [1.807, 2.05) is 42.6 Å². The van der Waals surface area contributed by atoms with Crippen molar-refractivity contribution in [2.24, 2.45) is 0 Å². The lowest BCUT2D eigenvalue weighted by molar-refractivity contribution is -0.384. The molecule has 2 aromatic heterocycles. The fraction of sp³-hybridized carbons (Fsp3) is 0.152. The van der Waals surface area contributed by atoms with E-state index in [1.165, 1.54) is 12.1 Å². The maximum Gasteiger partial charge on any atom is 0.269 e. The van der Waals surface area contributed by atoms with Gasteiger partial charge in [-0.25, -0.2) is 0 Å². The number of nitrogens with one attached hydrogen (secondary N) is 1. The van der Waals surface area contributed by atoms with Crippen LogP contribution in [0, 0.1) is 24.0 Å². The van der Waals surface area contributed by atoms with Crippen LogP contribution in [0.4, 0.5) is 11.4 Å². The third-order valence-corrected chi connectivity index (χ3v) is 8.93. The van der Waals surface area contributed by atoms with Crippen molar-refractivity contribution < 1.29 is 9.66 Å². The lowest BCUT2D eigenvalue weighted by atomic mass is 9.96. The molecule has 8 nitrogen and oxygen atoms in total. The molecule has 1 aliphatic rings. The molecule has 0 unspecified atom stereocenters. The summed E-state index contributed by atoms with van der Waals surface area (Å²) in [6, 6.07) is 30.7. The van der Waals surface area contributed by atoms with Gasteiger partial charge in [0.15, 0.2) is 5.11 Å². The van der Waals surface area contributed by atoms with Crippen molar-refractivity contribution >= 4 is 40.5 Å². The minimum atomic E-state index is -0.390. The number of methoxy groups -OCH3 is 1. The van der Waals surface area contributed by atoms with Gasteiger partial charge in [0.1, 0.15) is 5.75 Å². The molecule has 1 saturated heterocycles. The zero-order valence-electron chi connectivity index (χ0n) is 23.8. The van der Waals surface area contributed by atoms with E-state index in [1.54, 1.807) is 31.0 Å². The maximum absolute atomic E-state index is 11.0. The molecule has 5 aromatic rings. The van der Waals surface area contributed by atoms with Crippen LogP contribution in [-0.4, -0.2) is 26.7 Å². The smallest absolute Gasteiger partial charge is 0.269 e. The van der Waals surface area contributed by atoms with Crippen molar-refractivity contribution in [1.29, 1.82) is 0 Å². The molecule has 10 heteroatoms. The summed E-state index contributed by atoms with van der Waals surface area (Å²) in [6.07, 6.45) is 1.81. The van der Waals surface area contributed by atoms with E-state index in [4.69, 9.17) is 21.9 Å². The Hall–Kier alpha value is -4.67. The van der Waals surface area contributed by atoms with Gasteiger partial charge >= 0.3 is 0 Å². The summed E-state index contributed by atoms with van der Waals surface area (Å²) in [5.41, 5.74) is 6.34. The highest BCUT2D eigenvalue weighted by atomic mass is 32.2. The first-order chi connectivity index (χ1) is 20.8. The molecule has 0 bridgehead atoms. The van der Waals surface area contributed by atoms with Gasteiger partial charge in [0.2, 0.25) is 0 Å². The number of nitrogens with zero attached hydrogens (tertiary/aromatic N) is 4. The van der Waals surface area contributed by atoms with Crippen LogP contribution in [0.5, 0.6) is 5.75 Å². The van der Waals surface area contributed by atoms with Crippen LogP contribution in [0.1, 0.15) is 34.7 Å². The number of thiocarbonyl (C=S) groups is 1. The number of rotatable bonds is 8. The number of ether oxygens (including phenoxy) is 1. The summed E-state index contributed by atoms with van der Waals surface area (Å²) in [4.78, 5) is 19.4. The van der Waals surface area contributed by atoms with Gasteiger partial charge in [-0.2, -0.15) is 0 Å². The minimum Gasteiger partial charge on any atom is -0.497 e. The van der Waals surface area contributed by atoms with Crippen molar-refractivity contribution in [2.75, 3.05) is 12.0 Å². The summed E-state index contributed by atoms with van der Waals surface area (Å²) in [7, 11) is 1.68. The van der Waals surface area contributed by atoms with Gasteiger partial charge in [-0.15, -0.1) is 0 Å². The Balaban J connectivity index is 1.37. The number of non-ortho nitro benzene ring substituents is 1. The molecule has 6 rings (SSSR count). The van der Waals surface area contributed by atoms with E-state index >= 15 is 0 Å². The SMILES string of the molecule is COc1cccc(-n2c(C)cc([C@@H]3[C@H](c4ccccn4)NC(=S)N3c3ccc(Sc4ccc([N+](=O)[O-])cc4)cc3)c2C)c1. The zero-order chi connectivity index (χ0) is 30.1. The van der Waals surface area contributed by atoms with Crippen molar-refractivity contribution in [1.82, 2.24) is 14.9 Å². The molecule has 2 atom stereocenters. The molecule has 0 spiro atoms. The van der Waals surface area contributed by atoms with Crippen LogP contribution < -0.4 is 15.0 Å². The molecule has 3 heterocycles. The number of benzene rings is 3.